The van der Waals surface area contributed by atoms with Gasteiger partial charge in [-0.2, -0.15) is 0 Å². The van der Waals surface area contributed by atoms with E-state index in [-0.39, 0.29) is 11.1 Å². The lowest BCUT2D eigenvalue weighted by atomic mass is 9.98. The van der Waals surface area contributed by atoms with E-state index in [1.807, 2.05) is 35.0 Å². The summed E-state index contributed by atoms with van der Waals surface area (Å²) in [6.07, 6.45) is 1.67. The molecule has 0 unspecified atom stereocenters. The Labute approximate surface area is 229 Å². The average Bonchev–Trinajstić information content (AvgIpc) is 3.44. The van der Waals surface area contributed by atoms with Gasteiger partial charge in [0, 0.05) is 24.2 Å². The molecule has 0 amide bonds. The summed E-state index contributed by atoms with van der Waals surface area (Å²) in [5, 5.41) is 14.1. The molecule has 0 aliphatic heterocycles. The maximum atomic E-state index is 13.8. The minimum atomic E-state index is -0.455. The van der Waals surface area contributed by atoms with Gasteiger partial charge in [0.05, 0.1) is 5.54 Å². The zero-order valence-electron chi connectivity index (χ0n) is 23.1. The largest absolute Gasteiger partial charge is 0.322 e. The Morgan fingerprint density at radius 2 is 1.64 bits per heavy atom. The van der Waals surface area contributed by atoms with Gasteiger partial charge in [-0.3, -0.25) is 9.69 Å². The maximum Gasteiger partial charge on any atom is 0.253 e. The predicted molar refractivity (Wildman–Crippen MR) is 156 cm³/mol. The predicted octanol–water partition coefficient (Wildman–Crippen LogP) is 5.80. The number of pyridine rings is 1. The van der Waals surface area contributed by atoms with Gasteiger partial charge in [0.2, 0.25) is 0 Å². The molecule has 0 spiro atoms. The Balaban J connectivity index is 1.69. The molecule has 5 rings (SSSR count). The number of rotatable bonds is 10. The molecule has 0 aliphatic rings. The highest BCUT2D eigenvalue weighted by molar-refractivity contribution is 5.79. The fourth-order valence-corrected chi connectivity index (χ4v) is 5.03. The van der Waals surface area contributed by atoms with Crippen LogP contribution in [0.2, 0.25) is 0 Å². The molecule has 0 radical (unpaired) electrons. The van der Waals surface area contributed by atoms with Crippen molar-refractivity contribution in [2.24, 2.45) is 0 Å². The first-order valence-electron chi connectivity index (χ1n) is 13.6. The van der Waals surface area contributed by atoms with Crippen molar-refractivity contribution >= 4 is 10.9 Å². The second kappa shape index (κ2) is 11.3. The average molecular weight is 521 g/mol. The van der Waals surface area contributed by atoms with Crippen molar-refractivity contribution in [2.45, 2.75) is 58.7 Å². The van der Waals surface area contributed by atoms with E-state index < -0.39 is 6.04 Å². The number of benzene rings is 3. The Bertz CT molecular complexity index is 1590. The van der Waals surface area contributed by atoms with Crippen molar-refractivity contribution in [2.75, 3.05) is 6.54 Å². The number of aromatic amines is 1. The minimum absolute atomic E-state index is 0.127. The fourth-order valence-electron chi connectivity index (χ4n) is 5.03. The molecule has 2 aromatic heterocycles. The van der Waals surface area contributed by atoms with Crippen molar-refractivity contribution in [3.63, 3.8) is 0 Å². The van der Waals surface area contributed by atoms with Crippen molar-refractivity contribution < 1.29 is 0 Å². The second-order valence-electron chi connectivity index (χ2n) is 10.9. The lowest BCUT2D eigenvalue weighted by Gasteiger charge is -2.33. The molecule has 0 fully saturated rings. The van der Waals surface area contributed by atoms with Gasteiger partial charge >= 0.3 is 0 Å². The number of fused-ring (bicyclic) bond motifs is 1. The van der Waals surface area contributed by atoms with Gasteiger partial charge in [0.15, 0.2) is 5.82 Å². The van der Waals surface area contributed by atoms with E-state index in [2.05, 4.69) is 108 Å². The molecule has 1 N–H and O–H groups in total. The fraction of sp³-hybridized carbons (Fsp3) is 0.312. The molecule has 0 bridgehead atoms. The summed E-state index contributed by atoms with van der Waals surface area (Å²) in [5.74, 6) is 0.670. The first-order valence-corrected chi connectivity index (χ1v) is 13.6. The number of aryl methyl sites for hydroxylation is 1. The zero-order chi connectivity index (χ0) is 27.4. The molecule has 0 aliphatic carbocycles. The zero-order valence-corrected chi connectivity index (χ0v) is 23.1. The van der Waals surface area contributed by atoms with Gasteiger partial charge in [0.25, 0.3) is 5.56 Å². The molecular formula is C32H36N6O. The molecule has 7 nitrogen and oxygen atoms in total. The van der Waals surface area contributed by atoms with Crippen LogP contribution in [0.4, 0.5) is 0 Å². The SMILES string of the molecule is CCC(C)(C)n1nnnc1[C@H](c1cc2cc(C)ccc2[nH]c1=O)N(CCc1ccccc1)Cc1ccccc1. The van der Waals surface area contributed by atoms with Crippen LogP contribution in [0.15, 0.2) is 89.7 Å². The summed E-state index contributed by atoms with van der Waals surface area (Å²) in [4.78, 5) is 19.2. The van der Waals surface area contributed by atoms with Crippen molar-refractivity contribution in [3.05, 3.63) is 123 Å². The topological polar surface area (TPSA) is 79.7 Å². The van der Waals surface area contributed by atoms with Crippen LogP contribution in [0, 0.1) is 6.92 Å². The number of nitrogens with zero attached hydrogens (tertiary/aromatic N) is 5. The third kappa shape index (κ3) is 5.83. The second-order valence-corrected chi connectivity index (χ2v) is 10.9. The van der Waals surface area contributed by atoms with E-state index in [0.717, 1.165) is 34.9 Å². The van der Waals surface area contributed by atoms with Crippen molar-refractivity contribution in [1.29, 1.82) is 0 Å². The Morgan fingerprint density at radius 1 is 0.949 bits per heavy atom. The molecule has 3 aromatic carbocycles. The van der Waals surface area contributed by atoms with Crippen LogP contribution in [-0.2, 0) is 18.5 Å². The third-order valence-electron chi connectivity index (χ3n) is 7.62. The highest BCUT2D eigenvalue weighted by Crippen LogP contribution is 2.32. The Kier molecular flexibility index (Phi) is 7.70. The van der Waals surface area contributed by atoms with Gasteiger partial charge < -0.3 is 4.98 Å². The van der Waals surface area contributed by atoms with Gasteiger partial charge in [-0.25, -0.2) is 4.68 Å². The lowest BCUT2D eigenvalue weighted by molar-refractivity contribution is 0.190. The van der Waals surface area contributed by atoms with Gasteiger partial charge in [0.1, 0.15) is 6.04 Å². The highest BCUT2D eigenvalue weighted by atomic mass is 16.1. The molecule has 7 heteroatoms. The number of H-pyrrole nitrogens is 1. The molecule has 0 saturated heterocycles. The summed E-state index contributed by atoms with van der Waals surface area (Å²) < 4.78 is 1.90. The highest BCUT2D eigenvalue weighted by Gasteiger charge is 2.34. The first kappa shape index (κ1) is 26.5. The van der Waals surface area contributed by atoms with Crippen molar-refractivity contribution in [1.82, 2.24) is 30.1 Å². The van der Waals surface area contributed by atoms with Crippen LogP contribution in [0.5, 0.6) is 0 Å². The molecule has 5 aromatic rings. The normalized spacial score (nSPS) is 12.7. The summed E-state index contributed by atoms with van der Waals surface area (Å²) in [6, 6.07) is 28.5. The number of tetrazole rings is 1. The molecule has 2 heterocycles. The molecular weight excluding hydrogens is 484 g/mol. The van der Waals surface area contributed by atoms with E-state index >= 15 is 0 Å². The third-order valence-corrected chi connectivity index (χ3v) is 7.62. The van der Waals surface area contributed by atoms with Gasteiger partial charge in [-0.05, 0) is 78.8 Å². The monoisotopic (exact) mass is 520 g/mol. The molecule has 1 atom stereocenters. The van der Waals surface area contributed by atoms with Gasteiger partial charge in [-0.1, -0.05) is 79.2 Å². The summed E-state index contributed by atoms with van der Waals surface area (Å²) in [5.41, 5.74) is 4.55. The molecule has 0 saturated carbocycles. The van der Waals surface area contributed by atoms with E-state index in [1.165, 1.54) is 5.56 Å². The standard InChI is InChI=1S/C32H36N6O/c1-5-32(3,4)38-30(34-35-36-38)29(27-21-26-20-23(2)16-17-28(26)33-31(27)39)37(22-25-14-10-7-11-15-25)19-18-24-12-8-6-9-13-24/h6-17,20-21,29H,5,18-19,22H2,1-4H3,(H,33,39)/t29-/m0/s1. The quantitative estimate of drug-likeness (QED) is 0.252. The van der Waals surface area contributed by atoms with E-state index in [4.69, 9.17) is 0 Å². The number of hydrogen-bond donors (Lipinski definition) is 1. The van der Waals surface area contributed by atoms with Crippen LogP contribution in [0.3, 0.4) is 0 Å². The number of hydrogen-bond acceptors (Lipinski definition) is 5. The van der Waals surface area contributed by atoms with E-state index in [1.54, 1.807) is 0 Å². The van der Waals surface area contributed by atoms with Crippen LogP contribution < -0.4 is 5.56 Å². The van der Waals surface area contributed by atoms with Crippen LogP contribution in [0.1, 0.15) is 61.3 Å². The lowest BCUT2D eigenvalue weighted by Crippen LogP contribution is -2.39. The molecule has 39 heavy (non-hydrogen) atoms. The Morgan fingerprint density at radius 3 is 2.33 bits per heavy atom. The minimum Gasteiger partial charge on any atom is -0.322 e. The van der Waals surface area contributed by atoms with Crippen LogP contribution in [-0.4, -0.2) is 36.6 Å². The Hall–Kier alpha value is -4.10. The summed E-state index contributed by atoms with van der Waals surface area (Å²) >= 11 is 0. The summed E-state index contributed by atoms with van der Waals surface area (Å²) in [6.45, 7) is 9.81. The number of nitrogens with one attached hydrogen (secondary N) is 1. The van der Waals surface area contributed by atoms with E-state index in [0.29, 0.717) is 24.5 Å². The van der Waals surface area contributed by atoms with Crippen molar-refractivity contribution in [3.8, 4) is 0 Å². The number of aromatic nitrogens is 5. The van der Waals surface area contributed by atoms with Gasteiger partial charge in [-0.15, -0.1) is 5.10 Å². The van der Waals surface area contributed by atoms with Crippen LogP contribution >= 0.6 is 0 Å². The summed E-state index contributed by atoms with van der Waals surface area (Å²) in [7, 11) is 0. The van der Waals surface area contributed by atoms with E-state index in [9.17, 15) is 4.79 Å². The smallest absolute Gasteiger partial charge is 0.253 e. The first-order chi connectivity index (χ1) is 18.9. The maximum absolute atomic E-state index is 13.8. The molecule has 200 valence electrons. The van der Waals surface area contributed by atoms with Crippen LogP contribution in [0.25, 0.3) is 10.9 Å².